The molecule has 1 saturated carbocycles. The van der Waals surface area contributed by atoms with Gasteiger partial charge in [0.2, 0.25) is 0 Å². The Balaban J connectivity index is 2.64. The molecule has 20 heavy (non-hydrogen) atoms. The molecule has 0 bridgehead atoms. The monoisotopic (exact) mass is 283 g/mol. The van der Waals surface area contributed by atoms with E-state index in [4.69, 9.17) is 4.74 Å². The first-order valence-electron chi connectivity index (χ1n) is 9.07. The van der Waals surface area contributed by atoms with E-state index >= 15 is 0 Å². The van der Waals surface area contributed by atoms with Crippen molar-refractivity contribution in [3.8, 4) is 0 Å². The fraction of sp³-hybridized carbons (Fsp3) is 1.00. The van der Waals surface area contributed by atoms with Crippen LogP contribution in [-0.2, 0) is 4.74 Å². The molecule has 0 aromatic rings. The highest BCUT2D eigenvalue weighted by atomic mass is 16.5. The number of ether oxygens (including phenoxy) is 1. The number of nitrogens with one attached hydrogen (secondary N) is 1. The molecule has 1 fully saturated rings. The lowest BCUT2D eigenvalue weighted by atomic mass is 9.80. The Labute approximate surface area is 127 Å². The van der Waals surface area contributed by atoms with Crippen LogP contribution < -0.4 is 5.32 Å². The van der Waals surface area contributed by atoms with Crippen LogP contribution in [0.15, 0.2) is 0 Å². The summed E-state index contributed by atoms with van der Waals surface area (Å²) in [5.74, 6) is 1.58. The van der Waals surface area contributed by atoms with E-state index in [2.05, 4.69) is 33.0 Å². The van der Waals surface area contributed by atoms with Crippen molar-refractivity contribution in [1.29, 1.82) is 0 Å². The second kappa shape index (κ2) is 10.6. The molecule has 1 rings (SSSR count). The number of likely N-dealkylation sites (N-methyl/N-ethyl adjacent to an activating group) is 1. The van der Waals surface area contributed by atoms with Crippen LogP contribution in [0.5, 0.6) is 0 Å². The van der Waals surface area contributed by atoms with E-state index in [0.717, 1.165) is 25.0 Å². The van der Waals surface area contributed by atoms with Gasteiger partial charge in [0, 0.05) is 12.6 Å². The minimum absolute atomic E-state index is 0.430. The van der Waals surface area contributed by atoms with Crippen LogP contribution in [0.25, 0.3) is 0 Å². The molecular formula is C18H37NO. The quantitative estimate of drug-likeness (QED) is 0.623. The van der Waals surface area contributed by atoms with E-state index in [-0.39, 0.29) is 0 Å². The zero-order valence-corrected chi connectivity index (χ0v) is 14.3. The van der Waals surface area contributed by atoms with Crippen molar-refractivity contribution >= 4 is 0 Å². The Hall–Kier alpha value is -0.0800. The fourth-order valence-electron chi connectivity index (χ4n) is 3.88. The zero-order chi connectivity index (χ0) is 14.8. The maximum atomic E-state index is 6.21. The first-order valence-corrected chi connectivity index (χ1v) is 9.07. The molecule has 0 amide bonds. The molecule has 0 spiro atoms. The van der Waals surface area contributed by atoms with Crippen molar-refractivity contribution in [2.24, 2.45) is 11.8 Å². The van der Waals surface area contributed by atoms with Crippen LogP contribution in [0.4, 0.5) is 0 Å². The van der Waals surface area contributed by atoms with E-state index in [1.54, 1.807) is 0 Å². The van der Waals surface area contributed by atoms with Gasteiger partial charge >= 0.3 is 0 Å². The molecule has 0 radical (unpaired) electrons. The molecule has 2 heteroatoms. The molecule has 120 valence electrons. The minimum atomic E-state index is 0.430. The second-order valence-electron chi connectivity index (χ2n) is 6.61. The molecule has 0 aromatic carbocycles. The minimum Gasteiger partial charge on any atom is -0.377 e. The summed E-state index contributed by atoms with van der Waals surface area (Å²) in [4.78, 5) is 0. The predicted octanol–water partition coefficient (Wildman–Crippen LogP) is 4.78. The molecule has 0 heterocycles. The summed E-state index contributed by atoms with van der Waals surface area (Å²) in [5, 5.41) is 3.73. The highest BCUT2D eigenvalue weighted by molar-refractivity contribution is 4.86. The average Bonchev–Trinajstić information content (AvgIpc) is 2.45. The van der Waals surface area contributed by atoms with Gasteiger partial charge in [-0.05, 0) is 44.6 Å². The first kappa shape index (κ1) is 18.0. The Morgan fingerprint density at radius 3 is 2.35 bits per heavy atom. The zero-order valence-electron chi connectivity index (χ0n) is 14.3. The molecule has 3 atom stereocenters. The summed E-state index contributed by atoms with van der Waals surface area (Å²) in [6.07, 6.45) is 11.3. The van der Waals surface area contributed by atoms with E-state index in [9.17, 15) is 0 Å². The summed E-state index contributed by atoms with van der Waals surface area (Å²) in [6, 6.07) is 0.546. The third-order valence-corrected chi connectivity index (χ3v) is 4.77. The largest absolute Gasteiger partial charge is 0.377 e. The molecule has 0 aliphatic heterocycles. The summed E-state index contributed by atoms with van der Waals surface area (Å²) >= 11 is 0. The van der Waals surface area contributed by atoms with Crippen molar-refractivity contribution in [3.63, 3.8) is 0 Å². The summed E-state index contributed by atoms with van der Waals surface area (Å²) in [5.41, 5.74) is 0. The average molecular weight is 284 g/mol. The molecule has 3 unspecified atom stereocenters. The maximum Gasteiger partial charge on any atom is 0.0756 e. The molecule has 1 aliphatic rings. The Morgan fingerprint density at radius 1 is 1.10 bits per heavy atom. The van der Waals surface area contributed by atoms with Crippen molar-refractivity contribution in [3.05, 3.63) is 0 Å². The second-order valence-corrected chi connectivity index (χ2v) is 6.61. The maximum absolute atomic E-state index is 6.21. The van der Waals surface area contributed by atoms with Gasteiger partial charge in [0.15, 0.2) is 0 Å². The standard InChI is InChI=1S/C18H37NO/c1-5-11-15(4)14-17(19-6-2)18(20-7-3)16-12-9-8-10-13-16/h15-19H,5-14H2,1-4H3. The number of hydrogen-bond donors (Lipinski definition) is 1. The predicted molar refractivity (Wildman–Crippen MR) is 88.1 cm³/mol. The third kappa shape index (κ3) is 6.13. The lowest BCUT2D eigenvalue weighted by Gasteiger charge is -2.37. The van der Waals surface area contributed by atoms with Crippen LogP contribution in [0.1, 0.15) is 79.1 Å². The molecule has 1 N–H and O–H groups in total. The highest BCUT2D eigenvalue weighted by Gasteiger charge is 2.31. The molecule has 0 aromatic heterocycles. The molecular weight excluding hydrogens is 246 g/mol. The Kier molecular flexibility index (Phi) is 9.54. The van der Waals surface area contributed by atoms with Crippen LogP contribution in [0.2, 0.25) is 0 Å². The third-order valence-electron chi connectivity index (χ3n) is 4.77. The summed E-state index contributed by atoms with van der Waals surface area (Å²) in [6.45, 7) is 11.0. The smallest absolute Gasteiger partial charge is 0.0756 e. The molecule has 1 aliphatic carbocycles. The fourth-order valence-corrected chi connectivity index (χ4v) is 3.88. The first-order chi connectivity index (χ1) is 9.72. The van der Waals surface area contributed by atoms with E-state index in [1.807, 2.05) is 0 Å². The normalized spacial score (nSPS) is 21.6. The van der Waals surface area contributed by atoms with Crippen molar-refractivity contribution < 1.29 is 4.74 Å². The molecule has 2 nitrogen and oxygen atoms in total. The van der Waals surface area contributed by atoms with E-state index in [0.29, 0.717) is 12.1 Å². The van der Waals surface area contributed by atoms with Crippen molar-refractivity contribution in [2.45, 2.75) is 91.2 Å². The highest BCUT2D eigenvalue weighted by Crippen LogP contribution is 2.31. The van der Waals surface area contributed by atoms with Gasteiger partial charge in [0.05, 0.1) is 6.10 Å². The van der Waals surface area contributed by atoms with Crippen LogP contribution in [0, 0.1) is 11.8 Å². The summed E-state index contributed by atoms with van der Waals surface area (Å²) in [7, 11) is 0. The van der Waals surface area contributed by atoms with Gasteiger partial charge in [0.25, 0.3) is 0 Å². The lowest BCUT2D eigenvalue weighted by Crippen LogP contribution is -2.47. The molecule has 0 saturated heterocycles. The van der Waals surface area contributed by atoms with Gasteiger partial charge in [0.1, 0.15) is 0 Å². The van der Waals surface area contributed by atoms with Crippen molar-refractivity contribution in [1.82, 2.24) is 5.32 Å². The lowest BCUT2D eigenvalue weighted by molar-refractivity contribution is -0.0221. The number of rotatable bonds is 10. The Bertz CT molecular complexity index is 225. The van der Waals surface area contributed by atoms with Crippen LogP contribution in [0.3, 0.4) is 0 Å². The van der Waals surface area contributed by atoms with E-state index in [1.165, 1.54) is 51.4 Å². The van der Waals surface area contributed by atoms with Crippen LogP contribution in [-0.4, -0.2) is 25.3 Å². The van der Waals surface area contributed by atoms with Gasteiger partial charge < -0.3 is 10.1 Å². The summed E-state index contributed by atoms with van der Waals surface area (Å²) < 4.78 is 6.21. The van der Waals surface area contributed by atoms with Gasteiger partial charge in [-0.3, -0.25) is 0 Å². The van der Waals surface area contributed by atoms with Gasteiger partial charge in [-0.2, -0.15) is 0 Å². The number of hydrogen-bond acceptors (Lipinski definition) is 2. The topological polar surface area (TPSA) is 21.3 Å². The van der Waals surface area contributed by atoms with Gasteiger partial charge in [-0.15, -0.1) is 0 Å². The van der Waals surface area contributed by atoms with Gasteiger partial charge in [-0.1, -0.05) is 52.9 Å². The van der Waals surface area contributed by atoms with Gasteiger partial charge in [-0.25, -0.2) is 0 Å². The Morgan fingerprint density at radius 2 is 1.80 bits per heavy atom. The SMILES string of the molecule is CCCC(C)CC(NCC)C(OCC)C1CCCCC1. The van der Waals surface area contributed by atoms with Crippen molar-refractivity contribution in [2.75, 3.05) is 13.2 Å². The van der Waals surface area contributed by atoms with E-state index < -0.39 is 0 Å². The van der Waals surface area contributed by atoms with Crippen LogP contribution >= 0.6 is 0 Å².